The van der Waals surface area contributed by atoms with Crippen LogP contribution >= 0.6 is 0 Å². The van der Waals surface area contributed by atoms with Crippen LogP contribution in [0.4, 0.5) is 11.4 Å². The molecule has 122 valence electrons. The number of benzene rings is 1. The molecule has 1 amide bonds. The van der Waals surface area contributed by atoms with Crippen LogP contribution in [0.5, 0.6) is 5.75 Å². The third-order valence-electron chi connectivity index (χ3n) is 3.05. The van der Waals surface area contributed by atoms with Gasteiger partial charge >= 0.3 is 0 Å². The van der Waals surface area contributed by atoms with Crippen molar-refractivity contribution in [1.82, 2.24) is 0 Å². The standard InChI is InChI=1S/C17H11N5O3/c1-24-15-5-4-12(21-14(10-20)11(8-18)9-19)7-13(15)22-17(23)16-3-2-6-25-16/h2-7,21H,1H3,(H,22,23). The Morgan fingerprint density at radius 3 is 2.44 bits per heavy atom. The highest BCUT2D eigenvalue weighted by Crippen LogP contribution is 2.29. The number of nitriles is 3. The summed E-state index contributed by atoms with van der Waals surface area (Å²) in [6.45, 7) is 0. The highest BCUT2D eigenvalue weighted by Gasteiger charge is 2.14. The number of furan rings is 1. The number of allylic oxidation sites excluding steroid dienone is 2. The van der Waals surface area contributed by atoms with Gasteiger partial charge in [0.1, 0.15) is 29.7 Å². The number of anilines is 2. The van der Waals surface area contributed by atoms with E-state index >= 15 is 0 Å². The third-order valence-corrected chi connectivity index (χ3v) is 3.05. The first kappa shape index (κ1) is 17.1. The number of carbonyl (C=O) groups is 1. The van der Waals surface area contributed by atoms with E-state index in [1.54, 1.807) is 36.4 Å². The van der Waals surface area contributed by atoms with E-state index in [-0.39, 0.29) is 17.0 Å². The molecule has 0 unspecified atom stereocenters. The van der Waals surface area contributed by atoms with Gasteiger partial charge in [-0.2, -0.15) is 15.8 Å². The number of rotatable bonds is 5. The summed E-state index contributed by atoms with van der Waals surface area (Å²) >= 11 is 0. The monoisotopic (exact) mass is 333 g/mol. The van der Waals surface area contributed by atoms with Gasteiger partial charge in [-0.3, -0.25) is 4.79 Å². The van der Waals surface area contributed by atoms with Crippen molar-refractivity contribution in [2.75, 3.05) is 17.7 Å². The molecule has 8 nitrogen and oxygen atoms in total. The van der Waals surface area contributed by atoms with Crippen molar-refractivity contribution in [1.29, 1.82) is 15.8 Å². The Hall–Kier alpha value is -4.22. The lowest BCUT2D eigenvalue weighted by Gasteiger charge is -2.12. The lowest BCUT2D eigenvalue weighted by atomic mass is 10.2. The Morgan fingerprint density at radius 2 is 1.88 bits per heavy atom. The Morgan fingerprint density at radius 1 is 1.12 bits per heavy atom. The summed E-state index contributed by atoms with van der Waals surface area (Å²) in [6, 6.07) is 12.8. The lowest BCUT2D eigenvalue weighted by molar-refractivity contribution is 0.0996. The predicted molar refractivity (Wildman–Crippen MR) is 87.1 cm³/mol. The maximum Gasteiger partial charge on any atom is 0.291 e. The first-order valence-electron chi connectivity index (χ1n) is 6.87. The molecular formula is C17H11N5O3. The molecule has 0 saturated heterocycles. The Balaban J connectivity index is 2.33. The Kier molecular flexibility index (Phi) is 5.39. The molecule has 0 atom stereocenters. The number of amides is 1. The van der Waals surface area contributed by atoms with Crippen molar-refractivity contribution in [3.63, 3.8) is 0 Å². The number of ether oxygens (including phenoxy) is 1. The van der Waals surface area contributed by atoms with Gasteiger partial charge in [0.25, 0.3) is 5.91 Å². The van der Waals surface area contributed by atoms with E-state index < -0.39 is 5.91 Å². The average Bonchev–Trinajstić information content (AvgIpc) is 3.17. The molecule has 0 aliphatic carbocycles. The molecule has 0 aliphatic rings. The van der Waals surface area contributed by atoms with Gasteiger partial charge in [-0.25, -0.2) is 0 Å². The van der Waals surface area contributed by atoms with Crippen LogP contribution in [0.2, 0.25) is 0 Å². The first-order chi connectivity index (χ1) is 12.1. The van der Waals surface area contributed by atoms with Crippen LogP contribution in [0, 0.1) is 34.0 Å². The SMILES string of the molecule is COc1ccc(NC(C#N)=C(C#N)C#N)cc1NC(=O)c1ccco1. The van der Waals surface area contributed by atoms with Crippen LogP contribution in [0.25, 0.3) is 0 Å². The average molecular weight is 333 g/mol. The van der Waals surface area contributed by atoms with E-state index in [1.807, 2.05) is 0 Å². The van der Waals surface area contributed by atoms with Crippen molar-refractivity contribution < 1.29 is 13.9 Å². The number of methoxy groups -OCH3 is 1. The van der Waals surface area contributed by atoms with Crippen LogP contribution in [0.1, 0.15) is 10.6 Å². The minimum atomic E-state index is -0.480. The van der Waals surface area contributed by atoms with Crippen molar-refractivity contribution in [2.24, 2.45) is 0 Å². The van der Waals surface area contributed by atoms with E-state index in [0.717, 1.165) is 0 Å². The fraction of sp³-hybridized carbons (Fsp3) is 0.0588. The van der Waals surface area contributed by atoms with E-state index in [1.165, 1.54) is 25.5 Å². The number of hydrogen-bond acceptors (Lipinski definition) is 7. The highest BCUT2D eigenvalue weighted by atomic mass is 16.5. The van der Waals surface area contributed by atoms with Crippen LogP contribution in [-0.4, -0.2) is 13.0 Å². The zero-order valence-electron chi connectivity index (χ0n) is 13.0. The van der Waals surface area contributed by atoms with Gasteiger partial charge < -0.3 is 19.8 Å². The second-order valence-electron chi connectivity index (χ2n) is 4.56. The molecule has 1 aromatic heterocycles. The van der Waals surface area contributed by atoms with E-state index in [0.29, 0.717) is 17.1 Å². The van der Waals surface area contributed by atoms with Gasteiger partial charge in [-0.1, -0.05) is 0 Å². The molecule has 0 bridgehead atoms. The zero-order chi connectivity index (χ0) is 18.2. The molecule has 2 rings (SSSR count). The van der Waals surface area contributed by atoms with Gasteiger partial charge in [-0.15, -0.1) is 0 Å². The van der Waals surface area contributed by atoms with Crippen molar-refractivity contribution in [2.45, 2.75) is 0 Å². The molecule has 0 fully saturated rings. The predicted octanol–water partition coefficient (Wildman–Crippen LogP) is 2.78. The molecule has 0 spiro atoms. The lowest BCUT2D eigenvalue weighted by Crippen LogP contribution is -2.12. The molecular weight excluding hydrogens is 322 g/mol. The Labute approximate surface area is 143 Å². The fourth-order valence-corrected chi connectivity index (χ4v) is 1.90. The van der Waals surface area contributed by atoms with Crippen LogP contribution in [0.15, 0.2) is 52.3 Å². The van der Waals surface area contributed by atoms with E-state index in [2.05, 4.69) is 10.6 Å². The molecule has 1 heterocycles. The maximum atomic E-state index is 12.1. The second-order valence-corrected chi connectivity index (χ2v) is 4.56. The zero-order valence-corrected chi connectivity index (χ0v) is 13.0. The summed E-state index contributed by atoms with van der Waals surface area (Å²) in [7, 11) is 1.44. The molecule has 0 aliphatic heterocycles. The molecule has 0 radical (unpaired) electrons. The number of carbonyl (C=O) groups excluding carboxylic acids is 1. The number of hydrogen-bond donors (Lipinski definition) is 2. The van der Waals surface area contributed by atoms with Gasteiger partial charge in [0.2, 0.25) is 0 Å². The van der Waals surface area contributed by atoms with Crippen molar-refractivity contribution in [3.8, 4) is 24.0 Å². The van der Waals surface area contributed by atoms with Crippen molar-refractivity contribution in [3.05, 3.63) is 53.6 Å². The van der Waals surface area contributed by atoms with E-state index in [9.17, 15) is 4.79 Å². The molecule has 8 heteroatoms. The number of nitrogens with zero attached hydrogens (tertiary/aromatic N) is 3. The second kappa shape index (κ2) is 7.87. The molecule has 2 aromatic rings. The minimum Gasteiger partial charge on any atom is -0.495 e. The summed E-state index contributed by atoms with van der Waals surface area (Å²) in [4.78, 5) is 12.1. The molecule has 2 N–H and O–H groups in total. The summed E-state index contributed by atoms with van der Waals surface area (Å²) in [5.41, 5.74) is 0.162. The summed E-state index contributed by atoms with van der Waals surface area (Å²) in [5.74, 6) is 0.0224. The van der Waals surface area contributed by atoms with Gasteiger partial charge in [0, 0.05) is 5.69 Å². The largest absolute Gasteiger partial charge is 0.495 e. The normalized spacial score (nSPS) is 9.04. The highest BCUT2D eigenvalue weighted by molar-refractivity contribution is 6.03. The molecule has 25 heavy (non-hydrogen) atoms. The summed E-state index contributed by atoms with van der Waals surface area (Å²) in [6.07, 6.45) is 1.37. The molecule has 1 aromatic carbocycles. The van der Waals surface area contributed by atoms with Gasteiger partial charge in [-0.05, 0) is 30.3 Å². The maximum absolute atomic E-state index is 12.1. The van der Waals surface area contributed by atoms with Crippen LogP contribution in [0.3, 0.4) is 0 Å². The fourth-order valence-electron chi connectivity index (χ4n) is 1.90. The third kappa shape index (κ3) is 3.95. The first-order valence-corrected chi connectivity index (χ1v) is 6.87. The van der Waals surface area contributed by atoms with Crippen LogP contribution in [-0.2, 0) is 0 Å². The summed E-state index contributed by atoms with van der Waals surface area (Å²) < 4.78 is 10.2. The quantitative estimate of drug-likeness (QED) is 0.803. The molecule has 0 saturated carbocycles. The number of nitrogens with one attached hydrogen (secondary N) is 2. The Bertz CT molecular complexity index is 924. The summed E-state index contributed by atoms with van der Waals surface area (Å²) in [5, 5.41) is 32.1. The van der Waals surface area contributed by atoms with Crippen LogP contribution < -0.4 is 15.4 Å². The topological polar surface area (TPSA) is 135 Å². The smallest absolute Gasteiger partial charge is 0.291 e. The van der Waals surface area contributed by atoms with Gasteiger partial charge in [0.15, 0.2) is 11.3 Å². The minimum absolute atomic E-state index is 0.120. The van der Waals surface area contributed by atoms with Crippen molar-refractivity contribution >= 4 is 17.3 Å². The van der Waals surface area contributed by atoms with E-state index in [4.69, 9.17) is 24.9 Å². The van der Waals surface area contributed by atoms with Gasteiger partial charge in [0.05, 0.1) is 19.1 Å².